The smallest absolute Gasteiger partial charge is 0.225 e. The highest BCUT2D eigenvalue weighted by Crippen LogP contribution is 2.18. The highest BCUT2D eigenvalue weighted by atomic mass is 16.5. The number of carbonyl (C=O) groups is 1. The Labute approximate surface area is 91.0 Å². The number of piperidine rings is 1. The highest BCUT2D eigenvalue weighted by Gasteiger charge is 2.29. The molecule has 4 heteroatoms. The molecule has 2 saturated heterocycles. The van der Waals surface area contributed by atoms with Crippen LogP contribution in [0.2, 0.25) is 0 Å². The number of nitrogens with zero attached hydrogens (tertiary/aromatic N) is 1. The fourth-order valence-corrected chi connectivity index (χ4v) is 2.36. The van der Waals surface area contributed by atoms with Crippen LogP contribution in [0.4, 0.5) is 0 Å². The summed E-state index contributed by atoms with van der Waals surface area (Å²) in [6, 6.07) is 0.312. The lowest BCUT2D eigenvalue weighted by molar-refractivity contribution is -0.137. The molecule has 2 aliphatic heterocycles. The summed E-state index contributed by atoms with van der Waals surface area (Å²) < 4.78 is 5.31. The Kier molecular flexibility index (Phi) is 3.59. The van der Waals surface area contributed by atoms with E-state index in [9.17, 15) is 4.79 Å². The van der Waals surface area contributed by atoms with Crippen LogP contribution >= 0.6 is 0 Å². The molecule has 86 valence electrons. The zero-order valence-corrected chi connectivity index (χ0v) is 9.37. The third-order valence-corrected chi connectivity index (χ3v) is 3.49. The van der Waals surface area contributed by atoms with Gasteiger partial charge in [-0.05, 0) is 32.4 Å². The molecule has 2 heterocycles. The fraction of sp³-hybridized carbons (Fsp3) is 0.909. The van der Waals surface area contributed by atoms with Crippen molar-refractivity contribution >= 4 is 5.91 Å². The molecule has 0 saturated carbocycles. The summed E-state index contributed by atoms with van der Waals surface area (Å²) in [5.41, 5.74) is 0. The van der Waals surface area contributed by atoms with E-state index in [0.717, 1.165) is 39.0 Å². The standard InChI is InChI=1S/C11H20N2O2/c1-13(10-4-7-15-8-10)11(14)9-2-5-12-6-3-9/h9-10,12H,2-8H2,1H3. The van der Waals surface area contributed by atoms with Crippen LogP contribution in [0.1, 0.15) is 19.3 Å². The molecule has 2 rings (SSSR count). The van der Waals surface area contributed by atoms with Crippen molar-refractivity contribution in [1.29, 1.82) is 0 Å². The van der Waals surface area contributed by atoms with E-state index in [2.05, 4.69) is 5.32 Å². The van der Waals surface area contributed by atoms with Crippen LogP contribution in [0, 0.1) is 5.92 Å². The maximum absolute atomic E-state index is 12.1. The quantitative estimate of drug-likeness (QED) is 0.712. The molecule has 1 N–H and O–H groups in total. The molecule has 2 fully saturated rings. The van der Waals surface area contributed by atoms with Crippen molar-refractivity contribution in [3.63, 3.8) is 0 Å². The van der Waals surface area contributed by atoms with Crippen LogP contribution in [0.3, 0.4) is 0 Å². The van der Waals surface area contributed by atoms with Gasteiger partial charge in [0.05, 0.1) is 12.6 Å². The molecule has 0 aromatic carbocycles. The fourth-order valence-electron chi connectivity index (χ4n) is 2.36. The molecule has 0 aromatic heterocycles. The molecule has 0 bridgehead atoms. The molecular formula is C11H20N2O2. The summed E-state index contributed by atoms with van der Waals surface area (Å²) >= 11 is 0. The van der Waals surface area contributed by atoms with E-state index in [1.165, 1.54) is 0 Å². The summed E-state index contributed by atoms with van der Waals surface area (Å²) in [5, 5.41) is 3.28. The largest absolute Gasteiger partial charge is 0.379 e. The second-order valence-electron chi connectivity index (χ2n) is 4.49. The van der Waals surface area contributed by atoms with Gasteiger partial charge in [-0.2, -0.15) is 0 Å². The molecule has 15 heavy (non-hydrogen) atoms. The molecule has 0 radical (unpaired) electrons. The van der Waals surface area contributed by atoms with Crippen LogP contribution < -0.4 is 5.32 Å². The number of likely N-dealkylation sites (N-methyl/N-ethyl adjacent to an activating group) is 1. The number of nitrogens with one attached hydrogen (secondary N) is 1. The van der Waals surface area contributed by atoms with Gasteiger partial charge in [0.25, 0.3) is 0 Å². The predicted molar refractivity (Wildman–Crippen MR) is 57.6 cm³/mol. The van der Waals surface area contributed by atoms with E-state index in [1.807, 2.05) is 11.9 Å². The number of amides is 1. The number of carbonyl (C=O) groups excluding carboxylic acids is 1. The summed E-state index contributed by atoms with van der Waals surface area (Å²) in [7, 11) is 1.92. The van der Waals surface area contributed by atoms with Crippen molar-refractivity contribution < 1.29 is 9.53 Å². The molecule has 0 aliphatic carbocycles. The van der Waals surface area contributed by atoms with Gasteiger partial charge in [0.15, 0.2) is 0 Å². The first kappa shape index (κ1) is 10.9. The van der Waals surface area contributed by atoms with Gasteiger partial charge in [-0.25, -0.2) is 0 Å². The Morgan fingerprint density at radius 2 is 2.07 bits per heavy atom. The minimum atomic E-state index is 0.233. The van der Waals surface area contributed by atoms with Gasteiger partial charge >= 0.3 is 0 Å². The minimum Gasteiger partial charge on any atom is -0.379 e. The van der Waals surface area contributed by atoms with Gasteiger partial charge in [-0.1, -0.05) is 0 Å². The first-order valence-corrected chi connectivity index (χ1v) is 5.84. The normalized spacial score (nSPS) is 27.9. The van der Waals surface area contributed by atoms with E-state index in [0.29, 0.717) is 18.6 Å². The molecule has 1 unspecified atom stereocenters. The van der Waals surface area contributed by atoms with Crippen LogP contribution in [0.15, 0.2) is 0 Å². The van der Waals surface area contributed by atoms with Crippen molar-refractivity contribution in [2.45, 2.75) is 25.3 Å². The Morgan fingerprint density at radius 1 is 1.33 bits per heavy atom. The molecule has 1 atom stereocenters. The van der Waals surface area contributed by atoms with E-state index in [-0.39, 0.29) is 5.92 Å². The van der Waals surface area contributed by atoms with Crippen LogP contribution in [0.25, 0.3) is 0 Å². The van der Waals surface area contributed by atoms with E-state index >= 15 is 0 Å². The lowest BCUT2D eigenvalue weighted by Gasteiger charge is -2.30. The Morgan fingerprint density at radius 3 is 2.67 bits per heavy atom. The van der Waals surface area contributed by atoms with Crippen LogP contribution in [-0.2, 0) is 9.53 Å². The lowest BCUT2D eigenvalue weighted by Crippen LogP contribution is -2.44. The van der Waals surface area contributed by atoms with Crippen molar-refractivity contribution in [2.75, 3.05) is 33.4 Å². The molecule has 4 nitrogen and oxygen atoms in total. The topological polar surface area (TPSA) is 41.6 Å². The third-order valence-electron chi connectivity index (χ3n) is 3.49. The Bertz CT molecular complexity index is 221. The maximum atomic E-state index is 12.1. The van der Waals surface area contributed by atoms with E-state index < -0.39 is 0 Å². The van der Waals surface area contributed by atoms with Crippen molar-refractivity contribution in [1.82, 2.24) is 10.2 Å². The predicted octanol–water partition coefficient (Wildman–Crippen LogP) is 0.233. The van der Waals surface area contributed by atoms with Gasteiger partial charge in [0.1, 0.15) is 0 Å². The SMILES string of the molecule is CN(C(=O)C1CCNCC1)C1CCOC1. The molecule has 1 amide bonds. The summed E-state index contributed by atoms with van der Waals surface area (Å²) in [6.07, 6.45) is 2.96. The number of ether oxygens (including phenoxy) is 1. The van der Waals surface area contributed by atoms with Crippen molar-refractivity contribution in [2.24, 2.45) is 5.92 Å². The Balaban J connectivity index is 1.87. The van der Waals surface area contributed by atoms with E-state index in [4.69, 9.17) is 4.74 Å². The molecule has 0 aromatic rings. The summed E-state index contributed by atoms with van der Waals surface area (Å²) in [6.45, 7) is 3.47. The molecule has 0 spiro atoms. The zero-order valence-electron chi connectivity index (χ0n) is 9.37. The zero-order chi connectivity index (χ0) is 10.7. The molecular weight excluding hydrogens is 192 g/mol. The van der Waals surface area contributed by atoms with Gasteiger partial charge in [-0.3, -0.25) is 4.79 Å². The number of rotatable bonds is 2. The van der Waals surface area contributed by atoms with Crippen LogP contribution in [-0.4, -0.2) is 50.2 Å². The van der Waals surface area contributed by atoms with Crippen LogP contribution in [0.5, 0.6) is 0 Å². The molecule has 2 aliphatic rings. The highest BCUT2D eigenvalue weighted by molar-refractivity contribution is 5.79. The average Bonchev–Trinajstić information content (AvgIpc) is 2.82. The van der Waals surface area contributed by atoms with Crippen molar-refractivity contribution in [3.05, 3.63) is 0 Å². The van der Waals surface area contributed by atoms with Gasteiger partial charge in [0.2, 0.25) is 5.91 Å². The summed E-state index contributed by atoms with van der Waals surface area (Å²) in [4.78, 5) is 14.0. The van der Waals surface area contributed by atoms with Gasteiger partial charge in [0, 0.05) is 19.6 Å². The van der Waals surface area contributed by atoms with Gasteiger partial charge < -0.3 is 15.0 Å². The first-order valence-electron chi connectivity index (χ1n) is 5.84. The second kappa shape index (κ2) is 4.94. The monoisotopic (exact) mass is 212 g/mol. The second-order valence-corrected chi connectivity index (χ2v) is 4.49. The van der Waals surface area contributed by atoms with E-state index in [1.54, 1.807) is 0 Å². The van der Waals surface area contributed by atoms with Gasteiger partial charge in [-0.15, -0.1) is 0 Å². The van der Waals surface area contributed by atoms with Crippen molar-refractivity contribution in [3.8, 4) is 0 Å². The summed E-state index contributed by atoms with van der Waals surface area (Å²) in [5.74, 6) is 0.545. The first-order chi connectivity index (χ1) is 7.29. The average molecular weight is 212 g/mol. The minimum absolute atomic E-state index is 0.233. The number of hydrogen-bond donors (Lipinski definition) is 1. The lowest BCUT2D eigenvalue weighted by atomic mass is 9.96. The Hall–Kier alpha value is -0.610. The maximum Gasteiger partial charge on any atom is 0.225 e. The third kappa shape index (κ3) is 2.49. The number of hydrogen-bond acceptors (Lipinski definition) is 3.